The van der Waals surface area contributed by atoms with E-state index in [0.717, 1.165) is 0 Å². The number of hydrogen-bond donors (Lipinski definition) is 0. The SMILES string of the molecule is CN=C=O.S. The number of carbonyl (C=O) groups excluding carboxylic acids is 1. The monoisotopic (exact) mass is 91.0 g/mol. The summed E-state index contributed by atoms with van der Waals surface area (Å²) in [4.78, 5) is 11.8. The third-order valence-electron chi connectivity index (χ3n) is 0.0913. The number of rotatable bonds is 0. The highest BCUT2D eigenvalue weighted by molar-refractivity contribution is 7.59. The van der Waals surface area contributed by atoms with Gasteiger partial charge in [-0.15, -0.1) is 0 Å². The first-order valence-electron chi connectivity index (χ1n) is 0.875. The van der Waals surface area contributed by atoms with Gasteiger partial charge < -0.3 is 0 Å². The Bertz CT molecular complexity index is 47.6. The molecule has 0 aromatic heterocycles. The zero-order valence-corrected chi connectivity index (χ0v) is 3.86. The molecule has 0 radical (unpaired) electrons. The molecule has 0 fully saturated rings. The van der Waals surface area contributed by atoms with Gasteiger partial charge >= 0.3 is 0 Å². The van der Waals surface area contributed by atoms with Crippen LogP contribution in [0.15, 0.2) is 4.99 Å². The summed E-state index contributed by atoms with van der Waals surface area (Å²) in [5.41, 5.74) is 0. The quantitative estimate of drug-likeness (QED) is 0.306. The van der Waals surface area contributed by atoms with Crippen LogP contribution < -0.4 is 0 Å². The van der Waals surface area contributed by atoms with Gasteiger partial charge in [-0.05, 0) is 0 Å². The van der Waals surface area contributed by atoms with Gasteiger partial charge in [0.1, 0.15) is 0 Å². The van der Waals surface area contributed by atoms with Crippen molar-refractivity contribution >= 4 is 19.6 Å². The molecule has 0 amide bonds. The zero-order chi connectivity index (χ0) is 3.41. The fourth-order valence-electron chi connectivity index (χ4n) is 0. The predicted octanol–water partition coefficient (Wildman–Crippen LogP) is 0.0648. The van der Waals surface area contributed by atoms with E-state index in [-0.39, 0.29) is 13.5 Å². The Morgan fingerprint density at radius 2 is 2.00 bits per heavy atom. The summed E-state index contributed by atoms with van der Waals surface area (Å²) in [7, 11) is 1.38. The Kier molecular flexibility index (Phi) is 16.4. The van der Waals surface area contributed by atoms with Gasteiger partial charge in [0.15, 0.2) is 0 Å². The van der Waals surface area contributed by atoms with Crippen LogP contribution >= 0.6 is 13.5 Å². The molecule has 5 heavy (non-hydrogen) atoms. The topological polar surface area (TPSA) is 29.4 Å². The zero-order valence-electron chi connectivity index (χ0n) is 2.86. The molecule has 0 heterocycles. The molecule has 0 N–H and O–H groups in total. The van der Waals surface area contributed by atoms with Crippen molar-refractivity contribution in [2.24, 2.45) is 4.99 Å². The third kappa shape index (κ3) is 20.9. The molecule has 0 aliphatic heterocycles. The van der Waals surface area contributed by atoms with Crippen LogP contribution in [0.5, 0.6) is 0 Å². The normalized spacial score (nSPS) is 3.40. The van der Waals surface area contributed by atoms with E-state index < -0.39 is 0 Å². The average Bonchev–Trinajstić information content (AvgIpc) is 1.37. The molecule has 30 valence electrons. The first-order chi connectivity index (χ1) is 1.91. The summed E-state index contributed by atoms with van der Waals surface area (Å²) in [6.07, 6.45) is 1.31. The molecule has 0 aromatic carbocycles. The Morgan fingerprint density at radius 3 is 2.00 bits per heavy atom. The van der Waals surface area contributed by atoms with Crippen LogP contribution in [0.1, 0.15) is 0 Å². The van der Waals surface area contributed by atoms with Gasteiger partial charge in [0.05, 0.1) is 0 Å². The van der Waals surface area contributed by atoms with Gasteiger partial charge in [-0.25, -0.2) is 9.79 Å². The second-order valence-corrected chi connectivity index (χ2v) is 0.315. The number of isocyanates is 1. The van der Waals surface area contributed by atoms with E-state index in [2.05, 4.69) is 4.99 Å². The molecule has 0 rings (SSSR count). The summed E-state index contributed by atoms with van der Waals surface area (Å²) < 4.78 is 0. The lowest BCUT2D eigenvalue weighted by atomic mass is 11.4. The molecule has 0 unspecified atom stereocenters. The second-order valence-electron chi connectivity index (χ2n) is 0.315. The molecule has 0 aliphatic rings. The van der Waals surface area contributed by atoms with Gasteiger partial charge in [-0.3, -0.25) is 0 Å². The molecular weight excluding hydrogens is 86.1 g/mol. The molecule has 0 saturated carbocycles. The smallest absolute Gasteiger partial charge is 0.211 e. The maximum Gasteiger partial charge on any atom is 0.234 e. The lowest BCUT2D eigenvalue weighted by Crippen LogP contribution is -1.38. The Morgan fingerprint density at radius 1 is 1.80 bits per heavy atom. The first kappa shape index (κ1) is 8.83. The minimum Gasteiger partial charge on any atom is -0.211 e. The summed E-state index contributed by atoms with van der Waals surface area (Å²) >= 11 is 0. The number of nitrogens with zero attached hydrogens (tertiary/aromatic N) is 1. The van der Waals surface area contributed by atoms with Crippen LogP contribution in [-0.4, -0.2) is 13.1 Å². The van der Waals surface area contributed by atoms with E-state index in [1.807, 2.05) is 0 Å². The lowest BCUT2D eigenvalue weighted by Gasteiger charge is -1.36. The van der Waals surface area contributed by atoms with E-state index >= 15 is 0 Å². The highest BCUT2D eigenvalue weighted by Crippen LogP contribution is 1.28. The van der Waals surface area contributed by atoms with Crippen molar-refractivity contribution < 1.29 is 4.79 Å². The van der Waals surface area contributed by atoms with Crippen molar-refractivity contribution in [3.05, 3.63) is 0 Å². The van der Waals surface area contributed by atoms with E-state index in [9.17, 15) is 0 Å². The first-order valence-corrected chi connectivity index (χ1v) is 0.875. The van der Waals surface area contributed by atoms with Gasteiger partial charge in [0.25, 0.3) is 0 Å². The summed E-state index contributed by atoms with van der Waals surface area (Å²) in [5, 5.41) is 0. The van der Waals surface area contributed by atoms with Crippen LogP contribution in [0, 0.1) is 0 Å². The molecular formula is C2H5NOS. The summed E-state index contributed by atoms with van der Waals surface area (Å²) in [5.74, 6) is 0. The fourth-order valence-corrected chi connectivity index (χ4v) is 0. The largest absolute Gasteiger partial charge is 0.234 e. The van der Waals surface area contributed by atoms with Crippen LogP contribution in [0.2, 0.25) is 0 Å². The highest BCUT2D eigenvalue weighted by Gasteiger charge is 1.29. The van der Waals surface area contributed by atoms with Crippen molar-refractivity contribution in [3.8, 4) is 0 Å². The summed E-state index contributed by atoms with van der Waals surface area (Å²) in [6, 6.07) is 0. The Labute approximate surface area is 37.4 Å². The van der Waals surface area contributed by atoms with Crippen LogP contribution in [0.3, 0.4) is 0 Å². The van der Waals surface area contributed by atoms with Gasteiger partial charge in [-0.1, -0.05) is 0 Å². The molecule has 3 heteroatoms. The molecule has 0 aromatic rings. The molecule has 0 atom stereocenters. The molecule has 0 spiro atoms. The number of hydrogen-bond acceptors (Lipinski definition) is 2. The fraction of sp³-hybridized carbons (Fsp3) is 0.500. The molecule has 0 bridgehead atoms. The second kappa shape index (κ2) is 9.29. The van der Waals surface area contributed by atoms with Crippen LogP contribution in [0.4, 0.5) is 0 Å². The Balaban J connectivity index is 0. The van der Waals surface area contributed by atoms with Crippen LogP contribution in [0.25, 0.3) is 0 Å². The third-order valence-corrected chi connectivity index (χ3v) is 0.0913. The van der Waals surface area contributed by atoms with E-state index in [0.29, 0.717) is 0 Å². The maximum atomic E-state index is 8.88. The molecule has 0 saturated heterocycles. The number of aliphatic imine (C=N–C) groups is 1. The Hall–Kier alpha value is -0.270. The molecule has 2 nitrogen and oxygen atoms in total. The highest BCUT2D eigenvalue weighted by atomic mass is 32.1. The predicted molar refractivity (Wildman–Crippen MR) is 24.4 cm³/mol. The average molecular weight is 91.1 g/mol. The van der Waals surface area contributed by atoms with Gasteiger partial charge in [0, 0.05) is 7.05 Å². The van der Waals surface area contributed by atoms with Crippen molar-refractivity contribution in [1.82, 2.24) is 0 Å². The van der Waals surface area contributed by atoms with Crippen molar-refractivity contribution in [1.29, 1.82) is 0 Å². The maximum absolute atomic E-state index is 8.88. The van der Waals surface area contributed by atoms with Crippen LogP contribution in [-0.2, 0) is 4.79 Å². The van der Waals surface area contributed by atoms with Crippen molar-refractivity contribution in [3.63, 3.8) is 0 Å². The molecule has 0 aliphatic carbocycles. The van der Waals surface area contributed by atoms with Gasteiger partial charge in [-0.2, -0.15) is 13.5 Å². The minimum absolute atomic E-state index is 0. The minimum atomic E-state index is 0. The van der Waals surface area contributed by atoms with Crippen molar-refractivity contribution in [2.75, 3.05) is 7.05 Å². The standard InChI is InChI=1S/C2H3NO.H2S/c1-3-2-4;/h1H3;1H2. The van der Waals surface area contributed by atoms with Crippen molar-refractivity contribution in [2.45, 2.75) is 0 Å². The lowest BCUT2D eigenvalue weighted by molar-refractivity contribution is 0.564. The van der Waals surface area contributed by atoms with E-state index in [4.69, 9.17) is 4.79 Å². The van der Waals surface area contributed by atoms with E-state index in [1.165, 1.54) is 13.1 Å². The summed E-state index contributed by atoms with van der Waals surface area (Å²) in [6.45, 7) is 0. The van der Waals surface area contributed by atoms with Gasteiger partial charge in [0.2, 0.25) is 6.08 Å². The van der Waals surface area contributed by atoms with E-state index in [1.54, 1.807) is 0 Å².